The van der Waals surface area contributed by atoms with Gasteiger partial charge < -0.3 is 23.2 Å². The van der Waals surface area contributed by atoms with Gasteiger partial charge in [0.15, 0.2) is 6.61 Å². The van der Waals surface area contributed by atoms with Crippen LogP contribution in [0.4, 0.5) is 0 Å². The van der Waals surface area contributed by atoms with E-state index in [-0.39, 0.29) is 12.4 Å². The number of aryl methyl sites for hydroxylation is 1. The molecule has 0 unspecified atom stereocenters. The van der Waals surface area contributed by atoms with Crippen LogP contribution in [0.25, 0.3) is 6.08 Å². The number of aromatic nitrogens is 1. The second kappa shape index (κ2) is 9.84. The summed E-state index contributed by atoms with van der Waals surface area (Å²) in [6, 6.07) is 10.7. The van der Waals surface area contributed by atoms with Gasteiger partial charge in [-0.2, -0.15) is 0 Å². The zero-order valence-corrected chi connectivity index (χ0v) is 18.0. The summed E-state index contributed by atoms with van der Waals surface area (Å²) in [6.45, 7) is 3.97. The zero-order valence-electron chi connectivity index (χ0n) is 18.0. The number of ketones is 1. The highest BCUT2D eigenvalue weighted by Gasteiger charge is 2.17. The molecule has 0 N–H and O–H groups in total. The summed E-state index contributed by atoms with van der Waals surface area (Å²) in [6.07, 6.45) is 4.45. The van der Waals surface area contributed by atoms with E-state index in [4.69, 9.17) is 18.6 Å². The fraction of sp³-hybridized carbons (Fsp3) is 0.250. The number of furan rings is 1. The first-order valence-corrected chi connectivity index (χ1v) is 9.72. The molecule has 0 fully saturated rings. The first-order chi connectivity index (χ1) is 14.9. The minimum Gasteiger partial charge on any atom is -0.497 e. The number of methoxy groups -OCH3 is 2. The van der Waals surface area contributed by atoms with Crippen LogP contribution in [-0.2, 0) is 16.1 Å². The van der Waals surface area contributed by atoms with E-state index in [0.29, 0.717) is 29.2 Å². The SMILES string of the molecule is COc1ccc(C=CC(=O)OCC(=O)c2cc(C)n(Cc3ccco3)c2C)c(OC)c1. The average Bonchev–Trinajstić information content (AvgIpc) is 3.39. The van der Waals surface area contributed by atoms with Crippen LogP contribution < -0.4 is 9.47 Å². The molecule has 0 spiro atoms. The van der Waals surface area contributed by atoms with Crippen LogP contribution >= 0.6 is 0 Å². The second-order valence-electron chi connectivity index (χ2n) is 6.92. The Hall–Kier alpha value is -3.74. The Morgan fingerprint density at radius 1 is 1.10 bits per heavy atom. The summed E-state index contributed by atoms with van der Waals surface area (Å²) in [5.74, 6) is 1.12. The quantitative estimate of drug-likeness (QED) is 0.292. The van der Waals surface area contributed by atoms with Gasteiger partial charge in [0.05, 0.1) is 27.0 Å². The van der Waals surface area contributed by atoms with Crippen molar-refractivity contribution in [2.24, 2.45) is 0 Å². The van der Waals surface area contributed by atoms with Crippen LogP contribution in [0.1, 0.15) is 33.1 Å². The number of ether oxygens (including phenoxy) is 3. The van der Waals surface area contributed by atoms with Crippen LogP contribution in [0.15, 0.2) is 53.2 Å². The van der Waals surface area contributed by atoms with Gasteiger partial charge in [-0.1, -0.05) is 0 Å². The molecule has 0 saturated heterocycles. The highest BCUT2D eigenvalue weighted by Crippen LogP contribution is 2.25. The number of esters is 1. The van der Waals surface area contributed by atoms with Crippen molar-refractivity contribution in [3.05, 3.63) is 77.0 Å². The first-order valence-electron chi connectivity index (χ1n) is 9.72. The molecule has 0 aliphatic heterocycles. The van der Waals surface area contributed by atoms with E-state index in [2.05, 4.69) is 0 Å². The summed E-state index contributed by atoms with van der Waals surface area (Å²) >= 11 is 0. The van der Waals surface area contributed by atoms with Gasteiger partial charge in [-0.05, 0) is 50.3 Å². The minimum atomic E-state index is -0.615. The lowest BCUT2D eigenvalue weighted by atomic mass is 10.1. The molecule has 1 aromatic carbocycles. The van der Waals surface area contributed by atoms with E-state index in [1.165, 1.54) is 13.2 Å². The molecule has 7 heteroatoms. The number of carbonyl (C=O) groups is 2. The van der Waals surface area contributed by atoms with Crippen molar-refractivity contribution < 1.29 is 28.2 Å². The van der Waals surface area contributed by atoms with E-state index < -0.39 is 5.97 Å². The highest BCUT2D eigenvalue weighted by molar-refractivity contribution is 6.00. The summed E-state index contributed by atoms with van der Waals surface area (Å²) in [4.78, 5) is 24.7. The molecular weight excluding hydrogens is 398 g/mol. The Morgan fingerprint density at radius 2 is 1.90 bits per heavy atom. The third kappa shape index (κ3) is 5.25. The van der Waals surface area contributed by atoms with Crippen molar-refractivity contribution in [3.63, 3.8) is 0 Å². The number of benzene rings is 1. The highest BCUT2D eigenvalue weighted by atomic mass is 16.5. The van der Waals surface area contributed by atoms with Gasteiger partial charge in [-0.3, -0.25) is 4.79 Å². The minimum absolute atomic E-state index is 0.262. The van der Waals surface area contributed by atoms with Gasteiger partial charge in [0.1, 0.15) is 17.3 Å². The lowest BCUT2D eigenvalue weighted by molar-refractivity contribution is -0.136. The van der Waals surface area contributed by atoms with E-state index in [0.717, 1.165) is 17.1 Å². The molecule has 162 valence electrons. The molecule has 0 radical (unpaired) electrons. The van der Waals surface area contributed by atoms with Crippen molar-refractivity contribution in [1.82, 2.24) is 4.57 Å². The van der Waals surface area contributed by atoms with Gasteiger partial charge in [0, 0.05) is 34.7 Å². The Kier molecular flexibility index (Phi) is 6.97. The molecule has 0 aliphatic carbocycles. The average molecular weight is 423 g/mol. The van der Waals surface area contributed by atoms with Crippen molar-refractivity contribution in [3.8, 4) is 11.5 Å². The van der Waals surface area contributed by atoms with Crippen LogP contribution in [0.2, 0.25) is 0 Å². The molecule has 3 aromatic rings. The molecule has 7 nitrogen and oxygen atoms in total. The number of rotatable bonds is 9. The fourth-order valence-electron chi connectivity index (χ4n) is 3.26. The van der Waals surface area contributed by atoms with E-state index >= 15 is 0 Å². The van der Waals surface area contributed by atoms with Crippen LogP contribution in [-0.4, -0.2) is 37.1 Å². The molecule has 3 rings (SSSR count). The lowest BCUT2D eigenvalue weighted by Gasteiger charge is -2.08. The zero-order chi connectivity index (χ0) is 22.4. The Labute approximate surface area is 180 Å². The second-order valence-corrected chi connectivity index (χ2v) is 6.92. The van der Waals surface area contributed by atoms with Crippen molar-refractivity contribution in [1.29, 1.82) is 0 Å². The Bertz CT molecular complexity index is 1090. The standard InChI is InChI=1S/C24H25NO6/c1-16-12-21(17(2)25(16)14-20-6-5-11-30-20)22(26)15-31-24(27)10-8-18-7-9-19(28-3)13-23(18)29-4/h5-13H,14-15H2,1-4H3. The summed E-state index contributed by atoms with van der Waals surface area (Å²) in [5.41, 5.74) is 2.94. The van der Waals surface area contributed by atoms with Gasteiger partial charge in [-0.25, -0.2) is 4.79 Å². The molecule has 0 atom stereocenters. The van der Waals surface area contributed by atoms with E-state index in [9.17, 15) is 9.59 Å². The third-order valence-electron chi connectivity index (χ3n) is 4.95. The number of nitrogens with zero attached hydrogens (tertiary/aromatic N) is 1. The number of hydrogen-bond donors (Lipinski definition) is 0. The largest absolute Gasteiger partial charge is 0.497 e. The molecule has 0 bridgehead atoms. The smallest absolute Gasteiger partial charge is 0.331 e. The predicted octanol–water partition coefficient (Wildman–Crippen LogP) is 4.20. The maximum atomic E-state index is 12.6. The van der Waals surface area contributed by atoms with E-state index in [1.54, 1.807) is 43.7 Å². The molecule has 2 heterocycles. The number of hydrogen-bond acceptors (Lipinski definition) is 6. The number of Topliss-reactive ketones (excluding diaryl/α,β-unsaturated/α-hetero) is 1. The molecule has 2 aromatic heterocycles. The third-order valence-corrected chi connectivity index (χ3v) is 4.95. The van der Waals surface area contributed by atoms with Gasteiger partial charge in [-0.15, -0.1) is 0 Å². The monoisotopic (exact) mass is 423 g/mol. The normalized spacial score (nSPS) is 11.0. The lowest BCUT2D eigenvalue weighted by Crippen LogP contribution is -2.13. The van der Waals surface area contributed by atoms with Crippen molar-refractivity contribution in [2.45, 2.75) is 20.4 Å². The molecular formula is C24H25NO6. The fourth-order valence-corrected chi connectivity index (χ4v) is 3.26. The van der Waals surface area contributed by atoms with Crippen LogP contribution in [0.5, 0.6) is 11.5 Å². The Morgan fingerprint density at radius 3 is 2.58 bits per heavy atom. The topological polar surface area (TPSA) is 79.9 Å². The van der Waals surface area contributed by atoms with Gasteiger partial charge >= 0.3 is 5.97 Å². The summed E-state index contributed by atoms with van der Waals surface area (Å²) in [5, 5.41) is 0. The molecule has 31 heavy (non-hydrogen) atoms. The molecule has 0 amide bonds. The number of carbonyl (C=O) groups excluding carboxylic acids is 2. The molecule has 0 saturated carbocycles. The van der Waals surface area contributed by atoms with Gasteiger partial charge in [0.25, 0.3) is 0 Å². The van der Waals surface area contributed by atoms with Crippen LogP contribution in [0, 0.1) is 13.8 Å². The predicted molar refractivity (Wildman–Crippen MR) is 116 cm³/mol. The Balaban J connectivity index is 1.62. The first kappa shape index (κ1) is 22.0. The van der Waals surface area contributed by atoms with Crippen LogP contribution in [0.3, 0.4) is 0 Å². The van der Waals surface area contributed by atoms with Crippen molar-refractivity contribution in [2.75, 3.05) is 20.8 Å². The van der Waals surface area contributed by atoms with E-state index in [1.807, 2.05) is 30.5 Å². The maximum absolute atomic E-state index is 12.6. The van der Waals surface area contributed by atoms with Gasteiger partial charge in [0.2, 0.25) is 5.78 Å². The van der Waals surface area contributed by atoms with Crippen molar-refractivity contribution >= 4 is 17.8 Å². The maximum Gasteiger partial charge on any atom is 0.331 e. The summed E-state index contributed by atoms with van der Waals surface area (Å²) < 4.78 is 23.0. The summed E-state index contributed by atoms with van der Waals surface area (Å²) in [7, 11) is 3.10. The molecule has 0 aliphatic rings.